The summed E-state index contributed by atoms with van der Waals surface area (Å²) >= 11 is 0. The Morgan fingerprint density at radius 2 is 1.51 bits per heavy atom. The van der Waals surface area contributed by atoms with E-state index >= 15 is 0 Å². The first-order chi connectivity index (χ1) is 16.8. The molecule has 2 unspecified atom stereocenters. The molecule has 2 amide bonds. The van der Waals surface area contributed by atoms with Crippen molar-refractivity contribution in [2.75, 3.05) is 33.2 Å². The summed E-state index contributed by atoms with van der Waals surface area (Å²) in [4.78, 5) is 30.1. The molecule has 0 spiro atoms. The lowest BCUT2D eigenvalue weighted by molar-refractivity contribution is -0.153. The van der Waals surface area contributed by atoms with Crippen LogP contribution in [-0.2, 0) is 16.0 Å². The second kappa shape index (κ2) is 9.72. The van der Waals surface area contributed by atoms with Gasteiger partial charge in [0.2, 0.25) is 0 Å². The van der Waals surface area contributed by atoms with Crippen molar-refractivity contribution in [1.82, 2.24) is 15.1 Å². The Balaban J connectivity index is 1.20. The van der Waals surface area contributed by atoms with Crippen LogP contribution in [0, 0.1) is 0 Å². The van der Waals surface area contributed by atoms with E-state index in [2.05, 4.69) is 29.6 Å². The van der Waals surface area contributed by atoms with E-state index < -0.39 is 5.79 Å². The number of rotatable bonds is 5. The molecule has 3 aliphatic heterocycles. The molecule has 7 nitrogen and oxygen atoms in total. The molecule has 3 saturated heterocycles. The maximum Gasteiger partial charge on any atom is 0.254 e. The Kier molecular flexibility index (Phi) is 6.66. The number of nitrogens with one attached hydrogen (secondary N) is 1. The van der Waals surface area contributed by atoms with E-state index in [9.17, 15) is 9.59 Å². The molecular formula is C28H35N3O4. The van der Waals surface area contributed by atoms with Crippen LogP contribution < -0.4 is 5.32 Å². The first-order valence-electron chi connectivity index (χ1n) is 12.6. The summed E-state index contributed by atoms with van der Waals surface area (Å²) in [5.41, 5.74) is 3.74. The predicted molar refractivity (Wildman–Crippen MR) is 133 cm³/mol. The van der Waals surface area contributed by atoms with Crippen molar-refractivity contribution in [1.29, 1.82) is 0 Å². The fourth-order valence-corrected chi connectivity index (χ4v) is 5.62. The largest absolute Gasteiger partial charge is 0.343 e. The smallest absolute Gasteiger partial charge is 0.254 e. The van der Waals surface area contributed by atoms with Gasteiger partial charge in [0.1, 0.15) is 12.2 Å². The summed E-state index contributed by atoms with van der Waals surface area (Å²) in [7, 11) is 1.96. The Morgan fingerprint density at radius 3 is 2.14 bits per heavy atom. The number of amides is 2. The first kappa shape index (κ1) is 24.0. The van der Waals surface area contributed by atoms with Gasteiger partial charge in [-0.1, -0.05) is 30.3 Å². The maximum atomic E-state index is 13.3. The summed E-state index contributed by atoms with van der Waals surface area (Å²) in [5, 5.41) is 3.21. The van der Waals surface area contributed by atoms with Crippen LogP contribution in [0.15, 0.2) is 48.5 Å². The van der Waals surface area contributed by atoms with Crippen LogP contribution in [0.1, 0.15) is 64.4 Å². The van der Waals surface area contributed by atoms with E-state index in [-0.39, 0.29) is 24.0 Å². The quantitative estimate of drug-likeness (QED) is 0.715. The molecule has 0 radical (unpaired) electrons. The third kappa shape index (κ3) is 5.13. The Morgan fingerprint density at radius 1 is 0.914 bits per heavy atom. The van der Waals surface area contributed by atoms with E-state index in [1.54, 1.807) is 29.2 Å². The van der Waals surface area contributed by atoms with Crippen LogP contribution in [-0.4, -0.2) is 72.8 Å². The van der Waals surface area contributed by atoms with E-state index in [1.165, 1.54) is 11.1 Å². The number of hydrogen-bond donors (Lipinski definition) is 1. The average molecular weight is 478 g/mol. The zero-order valence-corrected chi connectivity index (χ0v) is 20.8. The molecular weight excluding hydrogens is 442 g/mol. The van der Waals surface area contributed by atoms with Crippen molar-refractivity contribution in [2.45, 2.75) is 57.1 Å². The van der Waals surface area contributed by atoms with Gasteiger partial charge >= 0.3 is 0 Å². The number of fused-ring (bicyclic) bond motifs is 1. The van der Waals surface area contributed by atoms with E-state index in [0.717, 1.165) is 32.5 Å². The fraction of sp³-hybridized carbons (Fsp3) is 0.500. The van der Waals surface area contributed by atoms with Gasteiger partial charge in [0.15, 0.2) is 5.79 Å². The fourth-order valence-electron chi connectivity index (χ4n) is 5.62. The lowest BCUT2D eigenvalue weighted by Crippen LogP contribution is -2.38. The number of hydrogen-bond acceptors (Lipinski definition) is 5. The second-order valence-corrected chi connectivity index (χ2v) is 10.3. The van der Waals surface area contributed by atoms with Crippen LogP contribution in [0.3, 0.4) is 0 Å². The van der Waals surface area contributed by atoms with Crippen LogP contribution in [0.5, 0.6) is 0 Å². The number of ether oxygens (including phenoxy) is 2. The highest BCUT2D eigenvalue weighted by atomic mass is 16.8. The SMILES string of the molecule is CNCc1cccc(C2CCN(C(=O)c3cccc(C(=O)N4CC5OC(C)(C)OC5C4)c3)CC2)c1. The molecule has 2 aromatic rings. The van der Waals surface area contributed by atoms with Crippen molar-refractivity contribution < 1.29 is 19.1 Å². The van der Waals surface area contributed by atoms with Gasteiger partial charge in [0.05, 0.1) is 13.1 Å². The number of carbonyl (C=O) groups is 2. The van der Waals surface area contributed by atoms with Gasteiger partial charge in [-0.05, 0) is 69.0 Å². The standard InChI is InChI=1S/C28H35N3O4/c1-28(2)34-24-17-31(18-25(24)35-28)27(33)23-9-5-8-22(15-23)26(32)30-12-10-20(11-13-30)21-7-4-6-19(14-21)16-29-3/h4-9,14-15,20,24-25,29H,10-13,16-18H2,1-3H3. The second-order valence-electron chi connectivity index (χ2n) is 10.3. The first-order valence-corrected chi connectivity index (χ1v) is 12.6. The van der Waals surface area contributed by atoms with Crippen LogP contribution in [0.4, 0.5) is 0 Å². The molecule has 0 aromatic heterocycles. The third-order valence-electron chi connectivity index (χ3n) is 7.31. The van der Waals surface area contributed by atoms with Crippen molar-refractivity contribution in [3.05, 3.63) is 70.8 Å². The summed E-state index contributed by atoms with van der Waals surface area (Å²) in [6, 6.07) is 15.8. The van der Waals surface area contributed by atoms with Crippen molar-refractivity contribution in [2.24, 2.45) is 0 Å². The lowest BCUT2D eigenvalue weighted by atomic mass is 9.88. The molecule has 186 valence electrons. The highest BCUT2D eigenvalue weighted by molar-refractivity contribution is 5.99. The Hall–Kier alpha value is -2.74. The van der Waals surface area contributed by atoms with Crippen LogP contribution in [0.2, 0.25) is 0 Å². The monoisotopic (exact) mass is 477 g/mol. The molecule has 3 heterocycles. The molecule has 0 bridgehead atoms. The highest BCUT2D eigenvalue weighted by Gasteiger charge is 2.48. The van der Waals surface area contributed by atoms with Gasteiger partial charge in [0, 0.05) is 30.8 Å². The molecule has 7 heteroatoms. The van der Waals surface area contributed by atoms with Gasteiger partial charge in [-0.2, -0.15) is 0 Å². The molecule has 0 saturated carbocycles. The number of likely N-dealkylation sites (tertiary alicyclic amines) is 2. The molecule has 35 heavy (non-hydrogen) atoms. The summed E-state index contributed by atoms with van der Waals surface area (Å²) in [6.07, 6.45) is 1.69. The lowest BCUT2D eigenvalue weighted by Gasteiger charge is -2.32. The van der Waals surface area contributed by atoms with Gasteiger partial charge in [-0.15, -0.1) is 0 Å². The normalized spacial score (nSPS) is 24.0. The molecule has 0 aliphatic carbocycles. The van der Waals surface area contributed by atoms with Crippen molar-refractivity contribution >= 4 is 11.8 Å². The average Bonchev–Trinajstić information content (AvgIpc) is 3.37. The minimum absolute atomic E-state index is 0.00580. The van der Waals surface area contributed by atoms with Crippen LogP contribution in [0.25, 0.3) is 0 Å². The minimum Gasteiger partial charge on any atom is -0.343 e. The Labute approximate surface area is 207 Å². The molecule has 3 fully saturated rings. The number of carbonyl (C=O) groups excluding carboxylic acids is 2. The summed E-state index contributed by atoms with van der Waals surface area (Å²) in [5.74, 6) is -0.222. The van der Waals surface area contributed by atoms with E-state index in [0.29, 0.717) is 30.1 Å². The number of piperidine rings is 1. The maximum absolute atomic E-state index is 13.3. The Bertz CT molecular complexity index is 1080. The molecule has 3 aliphatic rings. The van der Waals surface area contributed by atoms with Crippen molar-refractivity contribution in [3.63, 3.8) is 0 Å². The van der Waals surface area contributed by atoms with Gasteiger partial charge in [0.25, 0.3) is 11.8 Å². The number of benzene rings is 2. The molecule has 2 aromatic carbocycles. The highest BCUT2D eigenvalue weighted by Crippen LogP contribution is 2.34. The van der Waals surface area contributed by atoms with Gasteiger partial charge in [-0.3, -0.25) is 9.59 Å². The zero-order chi connectivity index (χ0) is 24.6. The predicted octanol–water partition coefficient (Wildman–Crippen LogP) is 3.40. The molecule has 2 atom stereocenters. The third-order valence-corrected chi connectivity index (χ3v) is 7.31. The van der Waals surface area contributed by atoms with Gasteiger partial charge in [-0.25, -0.2) is 0 Å². The van der Waals surface area contributed by atoms with E-state index in [4.69, 9.17) is 9.47 Å². The summed E-state index contributed by atoms with van der Waals surface area (Å²) < 4.78 is 11.8. The van der Waals surface area contributed by atoms with Gasteiger partial charge < -0.3 is 24.6 Å². The summed E-state index contributed by atoms with van der Waals surface area (Å²) in [6.45, 7) is 7.11. The zero-order valence-electron chi connectivity index (χ0n) is 20.8. The van der Waals surface area contributed by atoms with Crippen LogP contribution >= 0.6 is 0 Å². The number of nitrogens with zero attached hydrogens (tertiary/aromatic N) is 2. The molecule has 5 rings (SSSR count). The van der Waals surface area contributed by atoms with Crippen molar-refractivity contribution in [3.8, 4) is 0 Å². The molecule has 1 N–H and O–H groups in total. The minimum atomic E-state index is -0.597. The topological polar surface area (TPSA) is 71.1 Å². The van der Waals surface area contributed by atoms with E-state index in [1.807, 2.05) is 25.8 Å².